The van der Waals surface area contributed by atoms with E-state index in [1.807, 2.05) is 0 Å². The summed E-state index contributed by atoms with van der Waals surface area (Å²) in [5.41, 5.74) is 3.77. The molecule has 0 saturated heterocycles. The molecule has 1 rings (SSSR count). The van der Waals surface area contributed by atoms with E-state index in [-0.39, 0.29) is 0 Å². The number of hydrogen-bond donors (Lipinski definition) is 1. The van der Waals surface area contributed by atoms with Gasteiger partial charge in [-0.05, 0) is 49.9 Å². The third-order valence-electron chi connectivity index (χ3n) is 6.73. The van der Waals surface area contributed by atoms with E-state index >= 15 is 0 Å². The lowest BCUT2D eigenvalue weighted by molar-refractivity contribution is 0.290. The van der Waals surface area contributed by atoms with Crippen molar-refractivity contribution in [2.45, 2.75) is 137 Å². The predicted molar refractivity (Wildman–Crippen MR) is 138 cm³/mol. The van der Waals surface area contributed by atoms with E-state index in [0.717, 1.165) is 38.0 Å². The molecule has 180 valence electrons. The van der Waals surface area contributed by atoms with Crippen molar-refractivity contribution >= 4 is 0 Å². The van der Waals surface area contributed by atoms with Crippen molar-refractivity contribution < 1.29 is 5.11 Å². The van der Waals surface area contributed by atoms with E-state index < -0.39 is 0 Å². The largest absolute Gasteiger partial charge is 0.507 e. The molecule has 2 heteroatoms. The quantitative estimate of drug-likeness (QED) is 0.208. The van der Waals surface area contributed by atoms with Crippen molar-refractivity contribution in [1.29, 1.82) is 0 Å². The van der Waals surface area contributed by atoms with Gasteiger partial charge in [-0.25, -0.2) is 0 Å². The van der Waals surface area contributed by atoms with Gasteiger partial charge in [0, 0.05) is 12.1 Å². The third-order valence-corrected chi connectivity index (χ3v) is 6.73. The van der Waals surface area contributed by atoms with Gasteiger partial charge in [-0.2, -0.15) is 0 Å². The molecule has 0 spiro atoms. The van der Waals surface area contributed by atoms with Crippen LogP contribution in [0.5, 0.6) is 5.75 Å². The van der Waals surface area contributed by atoms with Crippen LogP contribution in [0.2, 0.25) is 0 Å². The van der Waals surface area contributed by atoms with E-state index in [2.05, 4.69) is 44.7 Å². The first-order valence-electron chi connectivity index (χ1n) is 13.7. The number of unbranched alkanes of at least 4 members (excludes halogenated alkanes) is 12. The van der Waals surface area contributed by atoms with Gasteiger partial charge in [0.25, 0.3) is 0 Å². The minimum Gasteiger partial charge on any atom is -0.507 e. The summed E-state index contributed by atoms with van der Waals surface area (Å²) in [4.78, 5) is 2.41. The Bertz CT molecular complexity index is 550. The highest BCUT2D eigenvalue weighted by molar-refractivity contribution is 5.44. The fourth-order valence-electron chi connectivity index (χ4n) is 4.53. The van der Waals surface area contributed by atoms with Crippen molar-refractivity contribution in [1.82, 2.24) is 4.90 Å². The van der Waals surface area contributed by atoms with Gasteiger partial charge in [0.05, 0.1) is 0 Å². The van der Waals surface area contributed by atoms with Crippen LogP contribution in [-0.2, 0) is 19.4 Å². The first-order valence-corrected chi connectivity index (χ1v) is 13.7. The van der Waals surface area contributed by atoms with Gasteiger partial charge in [0.15, 0.2) is 0 Å². The third kappa shape index (κ3) is 12.6. The molecule has 0 aliphatic heterocycles. The van der Waals surface area contributed by atoms with E-state index in [1.165, 1.54) is 101 Å². The second-order valence-corrected chi connectivity index (χ2v) is 9.47. The average Bonchev–Trinajstić information content (AvgIpc) is 2.78. The monoisotopic (exact) mass is 431 g/mol. The molecule has 0 aliphatic rings. The van der Waals surface area contributed by atoms with Crippen LogP contribution in [0.1, 0.15) is 134 Å². The zero-order valence-electron chi connectivity index (χ0n) is 21.5. The highest BCUT2D eigenvalue weighted by Crippen LogP contribution is 2.29. The molecular weight excluding hydrogens is 378 g/mol. The molecule has 0 atom stereocenters. The van der Waals surface area contributed by atoms with Crippen LogP contribution in [0.25, 0.3) is 0 Å². The molecule has 0 bridgehead atoms. The first-order chi connectivity index (χ1) is 15.2. The number of hydrogen-bond acceptors (Lipinski definition) is 2. The minimum atomic E-state index is 0.571. The maximum absolute atomic E-state index is 11.0. The smallest absolute Gasteiger partial charge is 0.123 e. The molecule has 0 heterocycles. The van der Waals surface area contributed by atoms with Crippen LogP contribution in [0.15, 0.2) is 12.1 Å². The zero-order valence-corrected chi connectivity index (χ0v) is 21.5. The second-order valence-electron chi connectivity index (χ2n) is 9.47. The normalized spacial score (nSPS) is 11.5. The Kier molecular flexibility index (Phi) is 16.8. The summed E-state index contributed by atoms with van der Waals surface area (Å²) in [6.45, 7) is 11.9. The molecule has 0 aliphatic carbocycles. The molecule has 0 unspecified atom stereocenters. The predicted octanol–water partition coefficient (Wildman–Crippen LogP) is 8.82. The lowest BCUT2D eigenvalue weighted by Gasteiger charge is -2.21. The number of rotatable bonds is 20. The number of aryl methyl sites for hydroxylation is 2. The Hall–Kier alpha value is -1.02. The first kappa shape index (κ1) is 28.0. The Morgan fingerprint density at radius 1 is 0.581 bits per heavy atom. The second kappa shape index (κ2) is 18.5. The fourth-order valence-corrected chi connectivity index (χ4v) is 4.53. The van der Waals surface area contributed by atoms with E-state index in [1.54, 1.807) is 0 Å². The van der Waals surface area contributed by atoms with E-state index in [9.17, 15) is 5.11 Å². The minimum absolute atomic E-state index is 0.571. The standard InChI is InChI=1S/C29H53NO/c1-5-9-11-13-15-17-19-21-26-23-27(22-20-18-16-14-12-10-6-2)29(31)28(24-26)25-30(7-3)8-4/h23-24,31H,5-22,25H2,1-4H3. The molecule has 2 nitrogen and oxygen atoms in total. The SMILES string of the molecule is CCCCCCCCCc1cc(CCCCCCCCC)c(O)c(CN(CC)CC)c1. The van der Waals surface area contributed by atoms with Crippen molar-refractivity contribution in [3.63, 3.8) is 0 Å². The summed E-state index contributed by atoms with van der Waals surface area (Å²) >= 11 is 0. The van der Waals surface area contributed by atoms with Crippen LogP contribution in [0.4, 0.5) is 0 Å². The van der Waals surface area contributed by atoms with Crippen LogP contribution >= 0.6 is 0 Å². The van der Waals surface area contributed by atoms with Crippen LogP contribution in [-0.4, -0.2) is 23.1 Å². The molecule has 0 fully saturated rings. The van der Waals surface area contributed by atoms with Crippen LogP contribution in [0, 0.1) is 0 Å². The van der Waals surface area contributed by atoms with Crippen molar-refractivity contribution in [2.24, 2.45) is 0 Å². The Balaban J connectivity index is 2.64. The summed E-state index contributed by atoms with van der Waals surface area (Å²) in [5, 5.41) is 11.0. The Morgan fingerprint density at radius 2 is 1.03 bits per heavy atom. The molecule has 1 aromatic carbocycles. The molecule has 1 N–H and O–H groups in total. The summed E-state index contributed by atoms with van der Waals surface area (Å²) < 4.78 is 0. The van der Waals surface area contributed by atoms with Crippen molar-refractivity contribution in [3.05, 3.63) is 28.8 Å². The summed E-state index contributed by atoms with van der Waals surface area (Å²) in [7, 11) is 0. The number of phenols is 1. The highest BCUT2D eigenvalue weighted by Gasteiger charge is 2.12. The molecule has 1 aromatic rings. The molecule has 0 radical (unpaired) electrons. The Morgan fingerprint density at radius 3 is 1.55 bits per heavy atom. The lowest BCUT2D eigenvalue weighted by Crippen LogP contribution is -2.22. The van der Waals surface area contributed by atoms with Crippen molar-refractivity contribution in [2.75, 3.05) is 13.1 Å². The van der Waals surface area contributed by atoms with Gasteiger partial charge in [-0.15, -0.1) is 0 Å². The van der Waals surface area contributed by atoms with Gasteiger partial charge in [0.2, 0.25) is 0 Å². The number of aromatic hydroxyl groups is 1. The van der Waals surface area contributed by atoms with Gasteiger partial charge in [-0.3, -0.25) is 4.90 Å². The van der Waals surface area contributed by atoms with E-state index in [4.69, 9.17) is 0 Å². The van der Waals surface area contributed by atoms with Gasteiger partial charge in [0.1, 0.15) is 5.75 Å². The van der Waals surface area contributed by atoms with Crippen LogP contribution in [0.3, 0.4) is 0 Å². The average molecular weight is 432 g/mol. The lowest BCUT2D eigenvalue weighted by atomic mass is 9.95. The number of nitrogens with zero attached hydrogens (tertiary/aromatic N) is 1. The topological polar surface area (TPSA) is 23.5 Å². The summed E-state index contributed by atoms with van der Waals surface area (Å²) in [6.07, 6.45) is 20.9. The summed E-state index contributed by atoms with van der Waals surface area (Å²) in [6, 6.07) is 4.61. The maximum Gasteiger partial charge on any atom is 0.123 e. The summed E-state index contributed by atoms with van der Waals surface area (Å²) in [5.74, 6) is 0.571. The Labute approximate surface area is 194 Å². The van der Waals surface area contributed by atoms with Crippen LogP contribution < -0.4 is 0 Å². The fraction of sp³-hybridized carbons (Fsp3) is 0.793. The molecule has 0 saturated carbocycles. The number of phenolic OH excluding ortho intramolecular Hbond substituents is 1. The molecular formula is C29H53NO. The van der Waals surface area contributed by atoms with E-state index in [0.29, 0.717) is 5.75 Å². The molecule has 0 amide bonds. The van der Waals surface area contributed by atoms with Gasteiger partial charge in [-0.1, -0.05) is 117 Å². The maximum atomic E-state index is 11.0. The van der Waals surface area contributed by atoms with Gasteiger partial charge < -0.3 is 5.11 Å². The number of benzene rings is 1. The zero-order chi connectivity index (χ0) is 22.7. The van der Waals surface area contributed by atoms with Gasteiger partial charge >= 0.3 is 0 Å². The molecule has 31 heavy (non-hydrogen) atoms. The van der Waals surface area contributed by atoms with Crippen molar-refractivity contribution in [3.8, 4) is 5.75 Å². The molecule has 0 aromatic heterocycles. The highest BCUT2D eigenvalue weighted by atomic mass is 16.3.